The number of hydrogen-bond acceptors (Lipinski definition) is 3. The Morgan fingerprint density at radius 3 is 2.12 bits per heavy atom. The summed E-state index contributed by atoms with van der Waals surface area (Å²) in [5.41, 5.74) is 6.71. The molecule has 0 spiro atoms. The Kier molecular flexibility index (Phi) is 5.22. The Balaban J connectivity index is 2.76. The zero-order valence-electron chi connectivity index (χ0n) is 11.3. The van der Waals surface area contributed by atoms with Crippen molar-refractivity contribution in [1.29, 1.82) is 0 Å². The average molecular weight is 228 g/mol. The smallest absolute Gasteiger partial charge is 0.0469 e. The summed E-state index contributed by atoms with van der Waals surface area (Å²) >= 11 is 0. The first-order chi connectivity index (χ1) is 7.58. The van der Waals surface area contributed by atoms with Crippen LogP contribution in [-0.4, -0.2) is 43.8 Å². The van der Waals surface area contributed by atoms with Gasteiger partial charge in [0.2, 0.25) is 0 Å². The summed E-state index contributed by atoms with van der Waals surface area (Å²) in [5.74, 6) is 0.621. The third-order valence-corrected chi connectivity index (χ3v) is 4.51. The Labute approximate surface area is 100 Å². The monoisotopic (exact) mass is 228 g/mol. The van der Waals surface area contributed by atoms with Crippen molar-refractivity contribution in [1.82, 2.24) is 4.90 Å². The van der Waals surface area contributed by atoms with E-state index < -0.39 is 0 Å². The molecule has 1 rings (SSSR count). The summed E-state index contributed by atoms with van der Waals surface area (Å²) < 4.78 is 5.42. The molecule has 3 nitrogen and oxygen atoms in total. The molecule has 96 valence electrons. The predicted octanol–water partition coefficient (Wildman–Crippen LogP) is 1.86. The normalized spacial score (nSPS) is 21.4. The van der Waals surface area contributed by atoms with Gasteiger partial charge in [0, 0.05) is 24.8 Å². The molecule has 1 atom stereocenters. The van der Waals surface area contributed by atoms with Crippen LogP contribution in [0.25, 0.3) is 0 Å². The van der Waals surface area contributed by atoms with Crippen molar-refractivity contribution in [3.63, 3.8) is 0 Å². The van der Waals surface area contributed by atoms with E-state index in [9.17, 15) is 0 Å². The topological polar surface area (TPSA) is 38.5 Å². The van der Waals surface area contributed by atoms with Crippen LogP contribution in [0.4, 0.5) is 0 Å². The molecule has 1 heterocycles. The third-order valence-electron chi connectivity index (χ3n) is 4.51. The van der Waals surface area contributed by atoms with E-state index in [-0.39, 0.29) is 11.6 Å². The maximum absolute atomic E-state index is 6.55. The Hall–Kier alpha value is -0.120. The Bertz CT molecular complexity index is 196. The zero-order chi connectivity index (χ0) is 12.2. The van der Waals surface area contributed by atoms with Crippen LogP contribution in [0, 0.1) is 5.92 Å². The van der Waals surface area contributed by atoms with Gasteiger partial charge in [-0.1, -0.05) is 13.8 Å². The van der Waals surface area contributed by atoms with E-state index in [1.165, 1.54) is 0 Å². The Morgan fingerprint density at radius 1 is 1.25 bits per heavy atom. The van der Waals surface area contributed by atoms with Crippen molar-refractivity contribution in [2.24, 2.45) is 11.7 Å². The van der Waals surface area contributed by atoms with Crippen LogP contribution in [0.3, 0.4) is 0 Å². The largest absolute Gasteiger partial charge is 0.381 e. The quantitative estimate of drug-likeness (QED) is 0.780. The highest BCUT2D eigenvalue weighted by Crippen LogP contribution is 2.32. The molecule has 3 heteroatoms. The van der Waals surface area contributed by atoms with Gasteiger partial charge >= 0.3 is 0 Å². The maximum atomic E-state index is 6.55. The van der Waals surface area contributed by atoms with E-state index in [1.807, 2.05) is 0 Å². The van der Waals surface area contributed by atoms with Crippen molar-refractivity contribution >= 4 is 0 Å². The van der Waals surface area contributed by atoms with Gasteiger partial charge in [-0.3, -0.25) is 0 Å². The first-order valence-corrected chi connectivity index (χ1v) is 6.59. The van der Waals surface area contributed by atoms with E-state index in [0.717, 1.165) is 38.9 Å². The van der Waals surface area contributed by atoms with E-state index in [1.54, 1.807) is 0 Å². The highest BCUT2D eigenvalue weighted by molar-refractivity contribution is 4.98. The highest BCUT2D eigenvalue weighted by atomic mass is 16.5. The molecular formula is C13H28N2O. The fourth-order valence-corrected chi connectivity index (χ4v) is 3.17. The molecule has 0 radical (unpaired) electrons. The van der Waals surface area contributed by atoms with Gasteiger partial charge in [-0.15, -0.1) is 0 Å². The lowest BCUT2D eigenvalue weighted by atomic mass is 9.75. The van der Waals surface area contributed by atoms with Crippen molar-refractivity contribution in [3.05, 3.63) is 0 Å². The highest BCUT2D eigenvalue weighted by Gasteiger charge is 2.40. The molecule has 0 aromatic carbocycles. The lowest BCUT2D eigenvalue weighted by molar-refractivity contribution is 0.0162. The van der Waals surface area contributed by atoms with E-state index >= 15 is 0 Å². The standard InChI is InChI=1S/C13H28N2O/c1-5-13(6-2,15(3)4)12(14)11-7-9-16-10-8-11/h11-12H,5-10,14H2,1-4H3. The van der Waals surface area contributed by atoms with Gasteiger partial charge in [-0.2, -0.15) is 0 Å². The van der Waals surface area contributed by atoms with E-state index in [0.29, 0.717) is 5.92 Å². The lowest BCUT2D eigenvalue weighted by Gasteiger charge is -2.47. The van der Waals surface area contributed by atoms with Gasteiger partial charge in [0.25, 0.3) is 0 Å². The summed E-state index contributed by atoms with van der Waals surface area (Å²) in [7, 11) is 4.32. The van der Waals surface area contributed by atoms with Crippen molar-refractivity contribution in [2.45, 2.75) is 51.1 Å². The zero-order valence-corrected chi connectivity index (χ0v) is 11.3. The molecule has 1 aliphatic heterocycles. The van der Waals surface area contributed by atoms with Crippen LogP contribution in [0.1, 0.15) is 39.5 Å². The van der Waals surface area contributed by atoms with Gasteiger partial charge in [0.1, 0.15) is 0 Å². The summed E-state index contributed by atoms with van der Waals surface area (Å²) in [6.45, 7) is 6.27. The Morgan fingerprint density at radius 2 is 1.75 bits per heavy atom. The van der Waals surface area contributed by atoms with Gasteiger partial charge < -0.3 is 15.4 Å². The molecule has 0 aromatic heterocycles. The van der Waals surface area contributed by atoms with Crippen LogP contribution in [0.5, 0.6) is 0 Å². The molecule has 1 saturated heterocycles. The van der Waals surface area contributed by atoms with Crippen molar-refractivity contribution in [3.8, 4) is 0 Å². The van der Waals surface area contributed by atoms with Gasteiger partial charge in [-0.25, -0.2) is 0 Å². The third kappa shape index (κ3) is 2.58. The second-order valence-electron chi connectivity index (χ2n) is 5.18. The number of ether oxygens (including phenoxy) is 1. The molecule has 0 aliphatic carbocycles. The van der Waals surface area contributed by atoms with E-state index in [2.05, 4.69) is 32.8 Å². The molecule has 0 amide bonds. The number of likely N-dealkylation sites (N-methyl/N-ethyl adjacent to an activating group) is 1. The van der Waals surface area contributed by atoms with Gasteiger partial charge in [-0.05, 0) is 45.7 Å². The number of nitrogens with two attached hydrogens (primary N) is 1. The summed E-state index contributed by atoms with van der Waals surface area (Å²) in [4.78, 5) is 2.33. The summed E-state index contributed by atoms with van der Waals surface area (Å²) in [6.07, 6.45) is 4.48. The van der Waals surface area contributed by atoms with Gasteiger partial charge in [0.05, 0.1) is 0 Å². The molecule has 0 saturated carbocycles. The minimum absolute atomic E-state index is 0.155. The molecule has 16 heavy (non-hydrogen) atoms. The molecule has 1 unspecified atom stereocenters. The van der Waals surface area contributed by atoms with Gasteiger partial charge in [0.15, 0.2) is 0 Å². The second kappa shape index (κ2) is 5.99. The number of hydrogen-bond donors (Lipinski definition) is 1. The summed E-state index contributed by atoms with van der Waals surface area (Å²) in [6, 6.07) is 0.265. The molecule has 0 bridgehead atoms. The van der Waals surface area contributed by atoms with Crippen LogP contribution >= 0.6 is 0 Å². The van der Waals surface area contributed by atoms with E-state index in [4.69, 9.17) is 10.5 Å². The molecule has 1 aliphatic rings. The van der Waals surface area contributed by atoms with Crippen LogP contribution in [0.15, 0.2) is 0 Å². The first-order valence-electron chi connectivity index (χ1n) is 6.59. The molecule has 1 fully saturated rings. The van der Waals surface area contributed by atoms with Crippen molar-refractivity contribution < 1.29 is 4.74 Å². The fourth-order valence-electron chi connectivity index (χ4n) is 3.17. The first kappa shape index (κ1) is 13.9. The minimum atomic E-state index is 0.155. The molecule has 0 aromatic rings. The van der Waals surface area contributed by atoms with Crippen molar-refractivity contribution in [2.75, 3.05) is 27.3 Å². The van der Waals surface area contributed by atoms with Crippen LogP contribution in [0.2, 0.25) is 0 Å². The minimum Gasteiger partial charge on any atom is -0.381 e. The number of nitrogens with zero attached hydrogens (tertiary/aromatic N) is 1. The molecular weight excluding hydrogens is 200 g/mol. The predicted molar refractivity (Wildman–Crippen MR) is 68.5 cm³/mol. The SMILES string of the molecule is CCC(CC)(C(N)C1CCOCC1)N(C)C. The van der Waals surface area contributed by atoms with Crippen LogP contribution < -0.4 is 5.73 Å². The maximum Gasteiger partial charge on any atom is 0.0469 e. The van der Waals surface area contributed by atoms with Crippen LogP contribution in [-0.2, 0) is 4.74 Å². The average Bonchev–Trinajstić information content (AvgIpc) is 2.32. The second-order valence-corrected chi connectivity index (χ2v) is 5.18. The molecule has 2 N–H and O–H groups in total. The summed E-state index contributed by atoms with van der Waals surface area (Å²) in [5, 5.41) is 0. The fraction of sp³-hybridized carbons (Fsp3) is 1.00. The number of rotatable bonds is 5. The lowest BCUT2D eigenvalue weighted by Crippen LogP contribution is -2.60.